The highest BCUT2D eigenvalue weighted by Gasteiger charge is 2.30. The predicted molar refractivity (Wildman–Crippen MR) is 71.2 cm³/mol. The van der Waals surface area contributed by atoms with Crippen LogP contribution in [0.4, 0.5) is 11.5 Å². The Morgan fingerprint density at radius 1 is 1.39 bits per heavy atom. The molecule has 2 rings (SSSR count). The molecule has 0 aliphatic carbocycles. The van der Waals surface area contributed by atoms with E-state index >= 15 is 0 Å². The van der Waals surface area contributed by atoms with E-state index < -0.39 is 4.92 Å². The molecule has 1 aromatic heterocycles. The highest BCUT2D eigenvalue weighted by Crippen LogP contribution is 2.32. The molecular formula is C12H20N4O2. The molecule has 1 fully saturated rings. The van der Waals surface area contributed by atoms with Crippen LogP contribution in [0.3, 0.4) is 0 Å². The first kappa shape index (κ1) is 14.4. The van der Waals surface area contributed by atoms with Crippen LogP contribution in [0.2, 0.25) is 0 Å². The van der Waals surface area contributed by atoms with Crippen LogP contribution >= 0.6 is 0 Å². The molecule has 1 aliphatic heterocycles. The van der Waals surface area contributed by atoms with Crippen LogP contribution in [0.5, 0.6) is 0 Å². The van der Waals surface area contributed by atoms with Crippen molar-refractivity contribution in [2.24, 2.45) is 0 Å². The number of anilines is 1. The molecule has 0 aromatic carbocycles. The maximum atomic E-state index is 10.5. The number of nitrogens with zero attached hydrogens (tertiary/aromatic N) is 3. The lowest BCUT2D eigenvalue weighted by atomic mass is 9.90. The Hall–Kier alpha value is -1.69. The summed E-state index contributed by atoms with van der Waals surface area (Å²) in [6.45, 7) is 5.40. The van der Waals surface area contributed by atoms with Crippen LogP contribution in [0.1, 0.15) is 33.1 Å². The van der Waals surface area contributed by atoms with Gasteiger partial charge in [0.2, 0.25) is 0 Å². The van der Waals surface area contributed by atoms with Crippen LogP contribution in [0, 0.1) is 10.1 Å². The maximum Gasteiger partial charge on any atom is 0.363 e. The molecule has 0 bridgehead atoms. The molecule has 100 valence electrons. The third-order valence-corrected chi connectivity index (χ3v) is 3.38. The summed E-state index contributed by atoms with van der Waals surface area (Å²) in [5, 5.41) is 10.5. The van der Waals surface area contributed by atoms with Crippen molar-refractivity contribution in [2.75, 3.05) is 11.4 Å². The van der Waals surface area contributed by atoms with Gasteiger partial charge in [-0.25, -0.2) is 0 Å². The first-order valence-corrected chi connectivity index (χ1v) is 5.89. The van der Waals surface area contributed by atoms with Crippen molar-refractivity contribution < 1.29 is 4.92 Å². The fourth-order valence-corrected chi connectivity index (χ4v) is 2.39. The van der Waals surface area contributed by atoms with E-state index in [-0.39, 0.29) is 17.5 Å². The molecule has 1 saturated heterocycles. The number of piperidine rings is 1. The van der Waals surface area contributed by atoms with Gasteiger partial charge in [0.1, 0.15) is 0 Å². The van der Waals surface area contributed by atoms with Gasteiger partial charge in [-0.15, -0.1) is 0 Å². The van der Waals surface area contributed by atoms with E-state index in [9.17, 15) is 10.1 Å². The lowest BCUT2D eigenvalue weighted by Crippen LogP contribution is -2.47. The van der Waals surface area contributed by atoms with Gasteiger partial charge in [0.05, 0.1) is 5.69 Å². The van der Waals surface area contributed by atoms with Gasteiger partial charge in [-0.05, 0) is 49.1 Å². The van der Waals surface area contributed by atoms with E-state index in [2.05, 4.69) is 23.7 Å². The van der Waals surface area contributed by atoms with E-state index in [0.29, 0.717) is 0 Å². The average Bonchev–Trinajstić information content (AvgIpc) is 2.28. The lowest BCUT2D eigenvalue weighted by Gasteiger charge is -2.43. The quantitative estimate of drug-likeness (QED) is 0.645. The minimum absolute atomic E-state index is 0. The molecule has 0 spiro atoms. The second-order valence-corrected chi connectivity index (χ2v) is 5.05. The third kappa shape index (κ3) is 2.76. The molecule has 6 nitrogen and oxygen atoms in total. The predicted octanol–water partition coefficient (Wildman–Crippen LogP) is 2.92. The van der Waals surface area contributed by atoms with Crippen LogP contribution in [0.25, 0.3) is 0 Å². The second-order valence-electron chi connectivity index (χ2n) is 5.05. The topological polar surface area (TPSA) is 94.3 Å². The van der Waals surface area contributed by atoms with E-state index in [1.165, 1.54) is 18.9 Å². The van der Waals surface area contributed by atoms with Gasteiger partial charge in [0.25, 0.3) is 0 Å². The molecule has 0 saturated carbocycles. The average molecular weight is 252 g/mol. The Balaban J connectivity index is 0.00000162. The van der Waals surface area contributed by atoms with Crippen LogP contribution in [0.15, 0.2) is 18.3 Å². The lowest BCUT2D eigenvalue weighted by molar-refractivity contribution is -0.389. The van der Waals surface area contributed by atoms with Crippen molar-refractivity contribution in [2.45, 2.75) is 38.6 Å². The highest BCUT2D eigenvalue weighted by molar-refractivity contribution is 5.49. The van der Waals surface area contributed by atoms with Gasteiger partial charge in [-0.3, -0.25) is 0 Å². The molecular weight excluding hydrogens is 232 g/mol. The van der Waals surface area contributed by atoms with Gasteiger partial charge < -0.3 is 21.2 Å². The largest absolute Gasteiger partial charge is 0.363 e. The summed E-state index contributed by atoms with van der Waals surface area (Å²) in [6.07, 6.45) is 5.15. The molecule has 0 atom stereocenters. The zero-order valence-electron chi connectivity index (χ0n) is 10.9. The van der Waals surface area contributed by atoms with Crippen molar-refractivity contribution >= 4 is 11.5 Å². The van der Waals surface area contributed by atoms with E-state index in [0.717, 1.165) is 18.7 Å². The number of pyridine rings is 1. The Morgan fingerprint density at radius 2 is 2.11 bits per heavy atom. The first-order valence-electron chi connectivity index (χ1n) is 5.89. The normalized spacial score (nSPS) is 18.0. The van der Waals surface area contributed by atoms with Crippen molar-refractivity contribution in [3.8, 4) is 0 Å². The zero-order valence-corrected chi connectivity index (χ0v) is 10.9. The number of rotatable bonds is 2. The van der Waals surface area contributed by atoms with E-state index in [1.807, 2.05) is 0 Å². The maximum absolute atomic E-state index is 10.5. The number of hydrogen-bond donors (Lipinski definition) is 1. The first-order chi connectivity index (χ1) is 8.00. The SMILES string of the molecule is CC1(C)CCCCN1c1ccc([N+](=O)[O-])nc1.N. The Kier molecular flexibility index (Phi) is 4.24. The fourth-order valence-electron chi connectivity index (χ4n) is 2.39. The molecule has 6 heteroatoms. The molecule has 3 N–H and O–H groups in total. The minimum atomic E-state index is -0.467. The van der Waals surface area contributed by atoms with Crippen molar-refractivity contribution in [3.05, 3.63) is 28.4 Å². The zero-order chi connectivity index (χ0) is 12.5. The van der Waals surface area contributed by atoms with Crippen molar-refractivity contribution in [1.82, 2.24) is 11.1 Å². The monoisotopic (exact) mass is 252 g/mol. The van der Waals surface area contributed by atoms with Gasteiger partial charge in [0.15, 0.2) is 6.20 Å². The molecule has 1 aromatic rings. The molecule has 18 heavy (non-hydrogen) atoms. The standard InChI is InChI=1S/C12H17N3O2.H3N/c1-12(2)7-3-4-8-14(12)10-5-6-11(13-9-10)15(16)17;/h5-6,9H,3-4,7-8H2,1-2H3;1H3. The summed E-state index contributed by atoms with van der Waals surface area (Å²) >= 11 is 0. The smallest absolute Gasteiger partial charge is 0.363 e. The van der Waals surface area contributed by atoms with Crippen molar-refractivity contribution in [1.29, 1.82) is 0 Å². The van der Waals surface area contributed by atoms with Crippen LogP contribution < -0.4 is 11.1 Å². The van der Waals surface area contributed by atoms with Crippen molar-refractivity contribution in [3.63, 3.8) is 0 Å². The van der Waals surface area contributed by atoms with Gasteiger partial charge in [-0.2, -0.15) is 0 Å². The molecule has 1 aliphatic rings. The fraction of sp³-hybridized carbons (Fsp3) is 0.583. The van der Waals surface area contributed by atoms with Crippen LogP contribution in [-0.4, -0.2) is 22.0 Å². The summed E-state index contributed by atoms with van der Waals surface area (Å²) < 4.78 is 0. The summed E-state index contributed by atoms with van der Waals surface area (Å²) in [4.78, 5) is 16.2. The Morgan fingerprint density at radius 3 is 2.61 bits per heavy atom. The second kappa shape index (κ2) is 5.30. The molecule has 0 amide bonds. The number of hydrogen-bond acceptors (Lipinski definition) is 5. The van der Waals surface area contributed by atoms with Gasteiger partial charge in [-0.1, -0.05) is 0 Å². The third-order valence-electron chi connectivity index (χ3n) is 3.38. The highest BCUT2D eigenvalue weighted by atomic mass is 16.6. The number of nitro groups is 1. The summed E-state index contributed by atoms with van der Waals surface area (Å²) in [5.41, 5.74) is 1.08. The van der Waals surface area contributed by atoms with Gasteiger partial charge >= 0.3 is 5.82 Å². The minimum Gasteiger partial charge on any atom is -0.363 e. The summed E-state index contributed by atoms with van der Waals surface area (Å²) in [5.74, 6) is -0.0939. The summed E-state index contributed by atoms with van der Waals surface area (Å²) in [6, 6.07) is 3.26. The Bertz CT molecular complexity index is 417. The van der Waals surface area contributed by atoms with E-state index in [4.69, 9.17) is 0 Å². The summed E-state index contributed by atoms with van der Waals surface area (Å²) in [7, 11) is 0. The van der Waals surface area contributed by atoms with Crippen LogP contribution in [-0.2, 0) is 0 Å². The molecule has 0 unspecified atom stereocenters. The molecule has 2 heterocycles. The van der Waals surface area contributed by atoms with E-state index in [1.54, 1.807) is 12.3 Å². The number of aromatic nitrogens is 1. The molecule has 0 radical (unpaired) electrons. The Labute approximate surface area is 107 Å². The van der Waals surface area contributed by atoms with Gasteiger partial charge in [0, 0.05) is 18.2 Å².